The quantitative estimate of drug-likeness (QED) is 0.732. The first kappa shape index (κ1) is 17.2. The molecule has 0 saturated carbocycles. The summed E-state index contributed by atoms with van der Waals surface area (Å²) in [6.45, 7) is 8.77. The van der Waals surface area contributed by atoms with E-state index in [9.17, 15) is 13.2 Å². The predicted molar refractivity (Wildman–Crippen MR) is 72.7 cm³/mol. The summed E-state index contributed by atoms with van der Waals surface area (Å²) in [6, 6.07) is -0.505. The number of carbonyl (C=O) groups excluding carboxylic acids is 1. The summed E-state index contributed by atoms with van der Waals surface area (Å²) < 4.78 is 37.7. The minimum Gasteiger partial charge on any atom is -0.444 e. The first-order chi connectivity index (χ1) is 8.82. The van der Waals surface area contributed by atoms with Crippen molar-refractivity contribution in [3.8, 4) is 0 Å². The highest BCUT2D eigenvalue weighted by molar-refractivity contribution is 7.85. The molecular formula is C12H23NO6S. The van der Waals surface area contributed by atoms with Gasteiger partial charge < -0.3 is 9.47 Å². The molecule has 118 valence electrons. The van der Waals surface area contributed by atoms with Crippen molar-refractivity contribution in [2.24, 2.45) is 0 Å². The Bertz CT molecular complexity index is 465. The van der Waals surface area contributed by atoms with Crippen molar-refractivity contribution in [2.45, 2.75) is 52.0 Å². The largest absolute Gasteiger partial charge is 0.444 e. The third-order valence-electron chi connectivity index (χ3n) is 2.64. The first-order valence-electron chi connectivity index (χ1n) is 6.32. The summed E-state index contributed by atoms with van der Waals surface area (Å²) in [4.78, 5) is 13.6. The molecule has 1 rings (SSSR count). The van der Waals surface area contributed by atoms with Crippen LogP contribution in [0.5, 0.6) is 0 Å². The molecular weight excluding hydrogens is 286 g/mol. The number of nitrogens with zero attached hydrogens (tertiary/aromatic N) is 1. The third-order valence-corrected chi connectivity index (χ3v) is 3.20. The van der Waals surface area contributed by atoms with E-state index < -0.39 is 33.6 Å². The Morgan fingerprint density at radius 1 is 1.40 bits per heavy atom. The number of carbonyl (C=O) groups is 1. The Balaban J connectivity index is 2.83. The van der Waals surface area contributed by atoms with Crippen LogP contribution >= 0.6 is 0 Å². The van der Waals surface area contributed by atoms with Gasteiger partial charge >= 0.3 is 6.09 Å². The van der Waals surface area contributed by atoms with E-state index in [1.54, 1.807) is 34.6 Å². The maximum Gasteiger partial charge on any atom is 0.412 e. The highest BCUT2D eigenvalue weighted by Gasteiger charge is 2.46. The molecule has 8 heteroatoms. The Morgan fingerprint density at radius 2 is 1.95 bits per heavy atom. The SMILES string of the molecule is CC(C)(C)OC(=O)N1[C@@H](COS(C)(=O)=O)COC1(C)C. The zero-order chi connectivity index (χ0) is 15.8. The van der Waals surface area contributed by atoms with Gasteiger partial charge in [-0.1, -0.05) is 0 Å². The summed E-state index contributed by atoms with van der Waals surface area (Å²) >= 11 is 0. The van der Waals surface area contributed by atoms with E-state index in [1.165, 1.54) is 4.90 Å². The highest BCUT2D eigenvalue weighted by Crippen LogP contribution is 2.29. The van der Waals surface area contributed by atoms with E-state index in [2.05, 4.69) is 0 Å². The molecule has 20 heavy (non-hydrogen) atoms. The zero-order valence-electron chi connectivity index (χ0n) is 12.8. The molecule has 0 radical (unpaired) electrons. The van der Waals surface area contributed by atoms with Gasteiger partial charge in [0.25, 0.3) is 10.1 Å². The predicted octanol–water partition coefficient (Wildman–Crippen LogP) is 1.33. The van der Waals surface area contributed by atoms with Gasteiger partial charge in [0, 0.05) is 0 Å². The van der Waals surface area contributed by atoms with Crippen LogP contribution in [0.1, 0.15) is 34.6 Å². The molecule has 0 unspecified atom stereocenters. The van der Waals surface area contributed by atoms with Gasteiger partial charge in [0.2, 0.25) is 0 Å². The molecule has 1 aliphatic heterocycles. The molecule has 1 amide bonds. The molecule has 0 bridgehead atoms. The summed E-state index contributed by atoms with van der Waals surface area (Å²) in [5, 5.41) is 0. The van der Waals surface area contributed by atoms with Crippen LogP contribution in [0.25, 0.3) is 0 Å². The topological polar surface area (TPSA) is 82.1 Å². The summed E-state index contributed by atoms with van der Waals surface area (Å²) in [5.41, 5.74) is -1.51. The normalized spacial score (nSPS) is 22.9. The molecule has 0 aromatic heterocycles. The van der Waals surface area contributed by atoms with Crippen LogP contribution in [0.15, 0.2) is 0 Å². The van der Waals surface area contributed by atoms with Crippen molar-refractivity contribution >= 4 is 16.2 Å². The monoisotopic (exact) mass is 309 g/mol. The van der Waals surface area contributed by atoms with Crippen molar-refractivity contribution in [1.29, 1.82) is 0 Å². The second-order valence-electron chi connectivity index (χ2n) is 6.25. The van der Waals surface area contributed by atoms with Crippen LogP contribution < -0.4 is 0 Å². The average molecular weight is 309 g/mol. The number of hydrogen-bond acceptors (Lipinski definition) is 6. The zero-order valence-corrected chi connectivity index (χ0v) is 13.6. The molecule has 1 atom stereocenters. The Labute approximate surface area is 120 Å². The molecule has 0 aromatic carbocycles. The molecule has 1 aliphatic rings. The lowest BCUT2D eigenvalue weighted by molar-refractivity contribution is -0.0637. The Hall–Kier alpha value is -0.860. The smallest absolute Gasteiger partial charge is 0.412 e. The summed E-state index contributed by atoms with van der Waals surface area (Å²) in [7, 11) is -3.57. The fraction of sp³-hybridized carbons (Fsp3) is 0.917. The van der Waals surface area contributed by atoms with Gasteiger partial charge in [0.15, 0.2) is 0 Å². The van der Waals surface area contributed by atoms with Crippen molar-refractivity contribution in [2.75, 3.05) is 19.5 Å². The molecule has 1 saturated heterocycles. The lowest BCUT2D eigenvalue weighted by atomic mass is 10.2. The van der Waals surface area contributed by atoms with Crippen LogP contribution in [0.2, 0.25) is 0 Å². The van der Waals surface area contributed by atoms with Crippen molar-refractivity contribution in [3.05, 3.63) is 0 Å². The van der Waals surface area contributed by atoms with Crippen LogP contribution in [0.3, 0.4) is 0 Å². The van der Waals surface area contributed by atoms with Crippen LogP contribution in [-0.4, -0.2) is 56.2 Å². The summed E-state index contributed by atoms with van der Waals surface area (Å²) in [6.07, 6.45) is 0.410. The van der Waals surface area contributed by atoms with Crippen molar-refractivity contribution in [3.63, 3.8) is 0 Å². The molecule has 1 heterocycles. The molecule has 0 aliphatic carbocycles. The lowest BCUT2D eigenvalue weighted by Gasteiger charge is -2.34. The van der Waals surface area contributed by atoms with Crippen molar-refractivity contribution < 1.29 is 26.9 Å². The average Bonchev–Trinajstić information content (AvgIpc) is 2.46. The van der Waals surface area contributed by atoms with E-state index in [-0.39, 0.29) is 13.2 Å². The maximum absolute atomic E-state index is 12.2. The van der Waals surface area contributed by atoms with Crippen LogP contribution in [-0.2, 0) is 23.8 Å². The van der Waals surface area contributed by atoms with Crippen LogP contribution in [0.4, 0.5) is 4.79 Å². The van der Waals surface area contributed by atoms with Crippen LogP contribution in [0, 0.1) is 0 Å². The molecule has 0 spiro atoms. The number of rotatable bonds is 3. The van der Waals surface area contributed by atoms with Gasteiger partial charge in [-0.2, -0.15) is 8.42 Å². The van der Waals surface area contributed by atoms with E-state index in [1.807, 2.05) is 0 Å². The minimum absolute atomic E-state index is 0.151. The Morgan fingerprint density at radius 3 is 2.40 bits per heavy atom. The van der Waals surface area contributed by atoms with Gasteiger partial charge in [0.05, 0.1) is 25.5 Å². The minimum atomic E-state index is -3.57. The van der Waals surface area contributed by atoms with E-state index in [0.29, 0.717) is 0 Å². The molecule has 1 fully saturated rings. The number of hydrogen-bond donors (Lipinski definition) is 0. The van der Waals surface area contributed by atoms with Gasteiger partial charge in [-0.3, -0.25) is 9.08 Å². The van der Waals surface area contributed by atoms with Gasteiger partial charge in [0.1, 0.15) is 11.3 Å². The standard InChI is InChI=1S/C12H23NO6S/c1-11(2,3)19-10(14)13-9(7-17-12(13,4)5)8-18-20(6,15)16/h9H,7-8H2,1-6H3/t9-/m1/s1. The fourth-order valence-corrected chi connectivity index (χ4v) is 2.29. The highest BCUT2D eigenvalue weighted by atomic mass is 32.2. The summed E-state index contributed by atoms with van der Waals surface area (Å²) in [5.74, 6) is 0. The van der Waals surface area contributed by atoms with Crippen molar-refractivity contribution in [1.82, 2.24) is 4.90 Å². The fourth-order valence-electron chi connectivity index (χ4n) is 1.89. The first-order valence-corrected chi connectivity index (χ1v) is 8.14. The van der Waals surface area contributed by atoms with Gasteiger partial charge in [-0.15, -0.1) is 0 Å². The van der Waals surface area contributed by atoms with Gasteiger partial charge in [-0.25, -0.2) is 4.79 Å². The van der Waals surface area contributed by atoms with E-state index in [4.69, 9.17) is 13.7 Å². The van der Waals surface area contributed by atoms with E-state index >= 15 is 0 Å². The van der Waals surface area contributed by atoms with E-state index in [0.717, 1.165) is 6.26 Å². The Kier molecular flexibility index (Phi) is 4.72. The maximum atomic E-state index is 12.2. The number of amides is 1. The molecule has 0 N–H and O–H groups in total. The lowest BCUT2D eigenvalue weighted by Crippen LogP contribution is -2.51. The molecule has 7 nitrogen and oxygen atoms in total. The number of ether oxygens (including phenoxy) is 2. The third kappa shape index (κ3) is 4.92. The molecule has 0 aromatic rings. The second kappa shape index (κ2) is 5.50. The van der Waals surface area contributed by atoms with Gasteiger partial charge in [-0.05, 0) is 34.6 Å². The second-order valence-corrected chi connectivity index (χ2v) is 7.89.